The van der Waals surface area contributed by atoms with Gasteiger partial charge in [0, 0.05) is 27.7 Å². The third-order valence-corrected chi connectivity index (χ3v) is 4.93. The Morgan fingerprint density at radius 1 is 1.12 bits per heavy atom. The summed E-state index contributed by atoms with van der Waals surface area (Å²) in [5.74, 6) is -0.634. The molecule has 0 aliphatic rings. The van der Waals surface area contributed by atoms with Crippen molar-refractivity contribution >= 4 is 45.7 Å². The van der Waals surface area contributed by atoms with Crippen molar-refractivity contribution in [1.82, 2.24) is 4.98 Å². The van der Waals surface area contributed by atoms with E-state index in [1.165, 1.54) is 47.4 Å². The molecule has 5 nitrogen and oxygen atoms in total. The van der Waals surface area contributed by atoms with Gasteiger partial charge in [-0.15, -0.1) is 23.1 Å². The molecule has 0 saturated heterocycles. The third kappa shape index (κ3) is 5.14. The second-order valence-electron chi connectivity index (χ2n) is 5.16. The van der Waals surface area contributed by atoms with Crippen molar-refractivity contribution in [3.63, 3.8) is 0 Å². The van der Waals surface area contributed by atoms with Crippen molar-refractivity contribution < 1.29 is 14.0 Å². The molecule has 1 heterocycles. The first-order chi connectivity index (χ1) is 12.6. The van der Waals surface area contributed by atoms with Gasteiger partial charge in [0.1, 0.15) is 5.82 Å². The predicted molar refractivity (Wildman–Crippen MR) is 102 cm³/mol. The van der Waals surface area contributed by atoms with Gasteiger partial charge in [-0.2, -0.15) is 0 Å². The highest BCUT2D eigenvalue weighted by Crippen LogP contribution is 2.22. The van der Waals surface area contributed by atoms with Crippen molar-refractivity contribution in [2.24, 2.45) is 0 Å². The number of thioether (sulfide) groups is 1. The highest BCUT2D eigenvalue weighted by molar-refractivity contribution is 8.00. The molecule has 2 aromatic carbocycles. The van der Waals surface area contributed by atoms with Crippen LogP contribution in [0.15, 0.2) is 65.0 Å². The van der Waals surface area contributed by atoms with Gasteiger partial charge in [-0.1, -0.05) is 6.07 Å². The molecule has 26 heavy (non-hydrogen) atoms. The van der Waals surface area contributed by atoms with E-state index in [-0.39, 0.29) is 17.6 Å². The molecule has 0 saturated carbocycles. The summed E-state index contributed by atoms with van der Waals surface area (Å²) in [5, 5.41) is 7.82. The lowest BCUT2D eigenvalue weighted by atomic mass is 10.2. The Labute approximate surface area is 157 Å². The summed E-state index contributed by atoms with van der Waals surface area (Å²) in [6.07, 6.45) is 1.63. The predicted octanol–water partition coefficient (Wildman–Crippen LogP) is 4.27. The molecule has 3 aromatic rings. The second kappa shape index (κ2) is 8.59. The molecular weight excluding hydrogens is 373 g/mol. The largest absolute Gasteiger partial charge is 0.322 e. The maximum Gasteiger partial charge on any atom is 0.255 e. The number of anilines is 2. The molecule has 0 spiro atoms. The molecule has 0 aliphatic carbocycles. The second-order valence-corrected chi connectivity index (χ2v) is 7.11. The van der Waals surface area contributed by atoms with Crippen LogP contribution >= 0.6 is 23.1 Å². The molecule has 0 unspecified atom stereocenters. The third-order valence-electron chi connectivity index (χ3n) is 3.25. The quantitative estimate of drug-likeness (QED) is 0.620. The number of hydrogen-bond donors (Lipinski definition) is 2. The Hall–Kier alpha value is -2.71. The van der Waals surface area contributed by atoms with Crippen LogP contribution in [-0.2, 0) is 4.79 Å². The Morgan fingerprint density at radius 2 is 1.92 bits per heavy atom. The Bertz CT molecular complexity index is 899. The topological polar surface area (TPSA) is 71.1 Å². The smallest absolute Gasteiger partial charge is 0.255 e. The average Bonchev–Trinajstić information content (AvgIpc) is 3.14. The van der Waals surface area contributed by atoms with E-state index in [4.69, 9.17) is 0 Å². The van der Waals surface area contributed by atoms with Crippen LogP contribution < -0.4 is 10.6 Å². The minimum Gasteiger partial charge on any atom is -0.322 e. The molecule has 0 atom stereocenters. The summed E-state index contributed by atoms with van der Waals surface area (Å²) in [7, 11) is 0. The van der Waals surface area contributed by atoms with Crippen LogP contribution in [0.25, 0.3) is 0 Å². The zero-order chi connectivity index (χ0) is 18.4. The number of rotatable bonds is 6. The summed E-state index contributed by atoms with van der Waals surface area (Å²) in [6.45, 7) is 0. The van der Waals surface area contributed by atoms with Crippen LogP contribution in [0, 0.1) is 5.82 Å². The molecule has 0 aliphatic heterocycles. The minimum atomic E-state index is -0.393. The molecule has 2 amide bonds. The Kier molecular flexibility index (Phi) is 5.98. The molecule has 132 valence electrons. The molecule has 1 aromatic heterocycles. The number of halogens is 1. The number of hydrogen-bond acceptors (Lipinski definition) is 5. The fourth-order valence-corrected chi connectivity index (χ4v) is 3.36. The van der Waals surface area contributed by atoms with Gasteiger partial charge in [-0.05, 0) is 42.5 Å². The van der Waals surface area contributed by atoms with E-state index in [0.29, 0.717) is 16.4 Å². The maximum absolute atomic E-state index is 12.9. The number of amides is 2. The first kappa shape index (κ1) is 18.1. The van der Waals surface area contributed by atoms with Crippen LogP contribution in [0.5, 0.6) is 0 Å². The number of nitrogens with zero attached hydrogens (tertiary/aromatic N) is 1. The first-order valence-electron chi connectivity index (χ1n) is 7.59. The summed E-state index contributed by atoms with van der Waals surface area (Å²) in [5.41, 5.74) is 0.969. The lowest BCUT2D eigenvalue weighted by Gasteiger charge is -2.07. The van der Waals surface area contributed by atoms with Crippen LogP contribution in [0.1, 0.15) is 10.4 Å². The van der Waals surface area contributed by atoms with Crippen LogP contribution in [0.2, 0.25) is 0 Å². The van der Waals surface area contributed by atoms with E-state index in [1.807, 2.05) is 6.07 Å². The number of nitrogens with one attached hydrogen (secondary N) is 2. The fraction of sp³-hybridized carbons (Fsp3) is 0.0556. The standard InChI is InChI=1S/C18H14FN3O2S2/c19-13-6-4-12(5-7-13)17(24)21-14-2-1-3-15(10-14)26-11-16(23)22-18-20-8-9-25-18/h1-10H,11H2,(H,21,24)(H,20,22,23). The van der Waals surface area contributed by atoms with Crippen molar-refractivity contribution in [3.8, 4) is 0 Å². The zero-order valence-electron chi connectivity index (χ0n) is 13.4. The number of carbonyl (C=O) groups is 2. The van der Waals surface area contributed by atoms with Gasteiger partial charge >= 0.3 is 0 Å². The monoisotopic (exact) mass is 387 g/mol. The van der Waals surface area contributed by atoms with Gasteiger partial charge in [0.2, 0.25) is 5.91 Å². The summed E-state index contributed by atoms with van der Waals surface area (Å²) in [4.78, 5) is 28.9. The number of aromatic nitrogens is 1. The van der Waals surface area contributed by atoms with Gasteiger partial charge in [-0.25, -0.2) is 9.37 Å². The van der Waals surface area contributed by atoms with Crippen molar-refractivity contribution in [2.75, 3.05) is 16.4 Å². The SMILES string of the molecule is O=C(CSc1cccc(NC(=O)c2ccc(F)cc2)c1)Nc1nccs1. The highest BCUT2D eigenvalue weighted by atomic mass is 32.2. The lowest BCUT2D eigenvalue weighted by molar-refractivity contribution is -0.113. The van der Waals surface area contributed by atoms with Gasteiger partial charge in [0.15, 0.2) is 5.13 Å². The minimum absolute atomic E-state index is 0.147. The normalized spacial score (nSPS) is 10.3. The molecule has 2 N–H and O–H groups in total. The van der Waals surface area contributed by atoms with E-state index >= 15 is 0 Å². The van der Waals surface area contributed by atoms with Crippen molar-refractivity contribution in [3.05, 3.63) is 71.5 Å². The summed E-state index contributed by atoms with van der Waals surface area (Å²) >= 11 is 2.71. The Balaban J connectivity index is 1.56. The summed E-state index contributed by atoms with van der Waals surface area (Å²) < 4.78 is 12.9. The summed E-state index contributed by atoms with van der Waals surface area (Å²) in [6, 6.07) is 12.5. The van der Waals surface area contributed by atoms with E-state index < -0.39 is 5.82 Å². The van der Waals surface area contributed by atoms with Crippen molar-refractivity contribution in [1.29, 1.82) is 0 Å². The van der Waals surface area contributed by atoms with E-state index in [0.717, 1.165) is 4.90 Å². The van der Waals surface area contributed by atoms with Gasteiger partial charge in [0.25, 0.3) is 5.91 Å². The van der Waals surface area contributed by atoms with Gasteiger partial charge in [-0.3, -0.25) is 9.59 Å². The number of carbonyl (C=O) groups excluding carboxylic acids is 2. The average molecular weight is 387 g/mol. The van der Waals surface area contributed by atoms with Crippen molar-refractivity contribution in [2.45, 2.75) is 4.90 Å². The van der Waals surface area contributed by atoms with Gasteiger partial charge < -0.3 is 10.6 Å². The molecular formula is C18H14FN3O2S2. The Morgan fingerprint density at radius 3 is 2.65 bits per heavy atom. The van der Waals surface area contributed by atoms with Crippen LogP contribution in [0.4, 0.5) is 15.2 Å². The van der Waals surface area contributed by atoms with E-state index in [1.54, 1.807) is 29.8 Å². The lowest BCUT2D eigenvalue weighted by Crippen LogP contribution is -2.14. The van der Waals surface area contributed by atoms with E-state index in [9.17, 15) is 14.0 Å². The number of benzene rings is 2. The number of thiazole rings is 1. The molecule has 0 radical (unpaired) electrons. The molecule has 0 bridgehead atoms. The molecule has 0 fully saturated rings. The molecule has 8 heteroatoms. The van der Waals surface area contributed by atoms with Crippen LogP contribution in [-0.4, -0.2) is 22.6 Å². The molecule has 3 rings (SSSR count). The first-order valence-corrected chi connectivity index (χ1v) is 9.46. The zero-order valence-corrected chi connectivity index (χ0v) is 15.1. The maximum atomic E-state index is 12.9. The van der Waals surface area contributed by atoms with E-state index in [2.05, 4.69) is 15.6 Å². The van der Waals surface area contributed by atoms with Crippen LogP contribution in [0.3, 0.4) is 0 Å². The highest BCUT2D eigenvalue weighted by Gasteiger charge is 2.08. The fourth-order valence-electron chi connectivity index (χ4n) is 2.06. The van der Waals surface area contributed by atoms with Gasteiger partial charge in [0.05, 0.1) is 5.75 Å².